The first-order valence-corrected chi connectivity index (χ1v) is 3.95. The molecule has 0 aromatic carbocycles. The fourth-order valence-electron chi connectivity index (χ4n) is 1.32. The molecule has 78 valence electrons. The van der Waals surface area contributed by atoms with Crippen LogP contribution in [0.3, 0.4) is 0 Å². The molecule has 5 N–H and O–H groups in total. The second-order valence-corrected chi connectivity index (χ2v) is 3.32. The predicted molar refractivity (Wildman–Crippen MR) is 40.6 cm³/mol. The van der Waals surface area contributed by atoms with Crippen LogP contribution in [0.1, 0.15) is 6.92 Å². The molecule has 0 saturated carbocycles. The summed E-state index contributed by atoms with van der Waals surface area (Å²) < 4.78 is 4.77. The van der Waals surface area contributed by atoms with E-state index in [1.165, 1.54) is 6.92 Å². The summed E-state index contributed by atoms with van der Waals surface area (Å²) in [7, 11) is 0. The fraction of sp³-hybridized carbons (Fsp3) is 1.00. The molecule has 13 heavy (non-hydrogen) atoms. The van der Waals surface area contributed by atoms with Gasteiger partial charge in [-0.2, -0.15) is 0 Å². The highest BCUT2D eigenvalue weighted by Crippen LogP contribution is 2.30. The molecule has 0 radical (unpaired) electrons. The van der Waals surface area contributed by atoms with Gasteiger partial charge in [0.15, 0.2) is 5.79 Å². The Balaban J connectivity index is 2.72. The number of aliphatic hydroxyl groups is 5. The number of ether oxygens (including phenoxy) is 1. The highest BCUT2D eigenvalue weighted by atomic mass is 16.7. The summed E-state index contributed by atoms with van der Waals surface area (Å²) in [4.78, 5) is 0. The van der Waals surface area contributed by atoms with Gasteiger partial charge in [-0.25, -0.2) is 0 Å². The van der Waals surface area contributed by atoms with Gasteiger partial charge in [-0.15, -0.1) is 0 Å². The Morgan fingerprint density at radius 1 is 1.46 bits per heavy atom. The van der Waals surface area contributed by atoms with Crippen molar-refractivity contribution in [3.8, 4) is 0 Å². The van der Waals surface area contributed by atoms with E-state index in [9.17, 15) is 15.3 Å². The Bertz CT molecular complexity index is 182. The van der Waals surface area contributed by atoms with E-state index in [1.54, 1.807) is 0 Å². The Morgan fingerprint density at radius 2 is 2.00 bits per heavy atom. The summed E-state index contributed by atoms with van der Waals surface area (Å²) >= 11 is 0. The van der Waals surface area contributed by atoms with Crippen molar-refractivity contribution in [2.75, 3.05) is 6.61 Å². The number of hydrogen-bond acceptors (Lipinski definition) is 6. The Hall–Kier alpha value is -0.240. The lowest BCUT2D eigenvalue weighted by atomic mass is 10.0. The maximum atomic E-state index is 9.32. The summed E-state index contributed by atoms with van der Waals surface area (Å²) in [5.74, 6) is -1.89. The minimum Gasteiger partial charge on any atom is -0.394 e. The van der Waals surface area contributed by atoms with E-state index in [0.29, 0.717) is 0 Å². The summed E-state index contributed by atoms with van der Waals surface area (Å²) in [6.07, 6.45) is -5.38. The van der Waals surface area contributed by atoms with E-state index in [2.05, 4.69) is 0 Å². The second kappa shape index (κ2) is 3.49. The van der Waals surface area contributed by atoms with Gasteiger partial charge in [0.2, 0.25) is 0 Å². The van der Waals surface area contributed by atoms with Crippen LogP contribution in [-0.2, 0) is 4.74 Å². The average molecular weight is 194 g/mol. The van der Waals surface area contributed by atoms with Crippen molar-refractivity contribution < 1.29 is 30.3 Å². The van der Waals surface area contributed by atoms with Gasteiger partial charge in [-0.1, -0.05) is 0 Å². The molecule has 0 bridgehead atoms. The molecule has 6 nitrogen and oxygen atoms in total. The largest absolute Gasteiger partial charge is 0.394 e. The molecule has 6 heteroatoms. The second-order valence-electron chi connectivity index (χ2n) is 3.32. The molecule has 0 aliphatic carbocycles. The molecule has 1 rings (SSSR count). The van der Waals surface area contributed by atoms with Crippen LogP contribution in [-0.4, -0.2) is 62.3 Å². The molecule has 1 saturated heterocycles. The van der Waals surface area contributed by atoms with Crippen molar-refractivity contribution in [1.29, 1.82) is 0 Å². The fourth-order valence-corrected chi connectivity index (χ4v) is 1.32. The van der Waals surface area contributed by atoms with Crippen LogP contribution in [0.2, 0.25) is 0 Å². The summed E-state index contributed by atoms with van der Waals surface area (Å²) in [5.41, 5.74) is 0. The van der Waals surface area contributed by atoms with Crippen LogP contribution < -0.4 is 0 Å². The summed E-state index contributed by atoms with van der Waals surface area (Å²) in [6, 6.07) is 0. The first kappa shape index (κ1) is 10.8. The van der Waals surface area contributed by atoms with Gasteiger partial charge in [0.25, 0.3) is 0 Å². The Morgan fingerprint density at radius 3 is 2.31 bits per heavy atom. The molecule has 1 fully saturated rings. The first-order valence-electron chi connectivity index (χ1n) is 3.95. The topological polar surface area (TPSA) is 110 Å². The molecule has 0 spiro atoms. The van der Waals surface area contributed by atoms with E-state index < -0.39 is 36.8 Å². The number of hydrogen-bond donors (Lipinski definition) is 5. The van der Waals surface area contributed by atoms with E-state index in [0.717, 1.165) is 0 Å². The van der Waals surface area contributed by atoms with E-state index in [1.807, 2.05) is 0 Å². The molecular weight excluding hydrogens is 180 g/mol. The van der Waals surface area contributed by atoms with E-state index in [4.69, 9.17) is 14.9 Å². The quantitative estimate of drug-likeness (QED) is 0.324. The SMILES string of the molecule is CC1(O)O[C@@H]([C@@H](O)CO)C(O)C1O. The maximum Gasteiger partial charge on any atom is 0.192 e. The van der Waals surface area contributed by atoms with E-state index in [-0.39, 0.29) is 0 Å². The minimum atomic E-state index is -1.89. The lowest BCUT2D eigenvalue weighted by molar-refractivity contribution is -0.226. The van der Waals surface area contributed by atoms with Gasteiger partial charge in [0.1, 0.15) is 24.4 Å². The van der Waals surface area contributed by atoms with Gasteiger partial charge < -0.3 is 30.3 Å². The minimum absolute atomic E-state index is 0.607. The third kappa shape index (κ3) is 1.83. The van der Waals surface area contributed by atoms with Crippen LogP contribution in [0.4, 0.5) is 0 Å². The normalized spacial score (nSPS) is 48.0. The van der Waals surface area contributed by atoms with Crippen molar-refractivity contribution in [3.63, 3.8) is 0 Å². The van der Waals surface area contributed by atoms with Crippen molar-refractivity contribution in [2.24, 2.45) is 0 Å². The molecule has 3 unspecified atom stereocenters. The lowest BCUT2D eigenvalue weighted by Crippen LogP contribution is -2.41. The third-order valence-corrected chi connectivity index (χ3v) is 2.15. The lowest BCUT2D eigenvalue weighted by Gasteiger charge is -2.20. The number of aliphatic hydroxyl groups excluding tert-OH is 4. The molecule has 0 amide bonds. The Labute approximate surface area is 75.0 Å². The van der Waals surface area contributed by atoms with Gasteiger partial charge in [-0.3, -0.25) is 0 Å². The smallest absolute Gasteiger partial charge is 0.192 e. The average Bonchev–Trinajstić information content (AvgIpc) is 2.28. The van der Waals surface area contributed by atoms with Crippen LogP contribution in [0.25, 0.3) is 0 Å². The monoisotopic (exact) mass is 194 g/mol. The van der Waals surface area contributed by atoms with Gasteiger partial charge in [0, 0.05) is 0 Å². The summed E-state index contributed by atoms with van der Waals surface area (Å²) in [6.45, 7) is 0.565. The number of rotatable bonds is 2. The molecule has 0 aromatic rings. The molecule has 1 heterocycles. The predicted octanol–water partition coefficient (Wildman–Crippen LogP) is -2.83. The first-order chi connectivity index (χ1) is 5.90. The molecule has 0 aromatic heterocycles. The zero-order valence-electron chi connectivity index (χ0n) is 7.16. The summed E-state index contributed by atoms with van der Waals surface area (Å²) in [5, 5.41) is 45.5. The zero-order valence-corrected chi connectivity index (χ0v) is 7.16. The van der Waals surface area contributed by atoms with Gasteiger partial charge in [0.05, 0.1) is 6.61 Å². The van der Waals surface area contributed by atoms with Crippen molar-refractivity contribution >= 4 is 0 Å². The van der Waals surface area contributed by atoms with Crippen LogP contribution in [0.15, 0.2) is 0 Å². The van der Waals surface area contributed by atoms with Crippen molar-refractivity contribution in [2.45, 2.75) is 37.1 Å². The molecule has 1 aliphatic heterocycles. The van der Waals surface area contributed by atoms with Crippen molar-refractivity contribution in [3.05, 3.63) is 0 Å². The molecule has 1 aliphatic rings. The maximum absolute atomic E-state index is 9.32. The molecular formula is C7H14O6. The van der Waals surface area contributed by atoms with Gasteiger partial charge >= 0.3 is 0 Å². The highest BCUT2D eigenvalue weighted by molar-refractivity contribution is 4.95. The van der Waals surface area contributed by atoms with Gasteiger partial charge in [-0.05, 0) is 6.92 Å². The standard InChI is InChI=1S/C7H14O6/c1-7(12)6(11)4(10)5(13-7)3(9)2-8/h3-6,8-12H,2H2,1H3/t3-,4?,5-,6?,7?/m0/s1. The zero-order chi connectivity index (χ0) is 10.2. The third-order valence-electron chi connectivity index (χ3n) is 2.15. The van der Waals surface area contributed by atoms with Crippen LogP contribution >= 0.6 is 0 Å². The van der Waals surface area contributed by atoms with Crippen LogP contribution in [0, 0.1) is 0 Å². The molecule has 5 atom stereocenters. The van der Waals surface area contributed by atoms with E-state index >= 15 is 0 Å². The highest BCUT2D eigenvalue weighted by Gasteiger charge is 2.52. The van der Waals surface area contributed by atoms with Crippen LogP contribution in [0.5, 0.6) is 0 Å². The van der Waals surface area contributed by atoms with Crippen molar-refractivity contribution in [1.82, 2.24) is 0 Å². The Kier molecular flexibility index (Phi) is 2.91.